The van der Waals surface area contributed by atoms with E-state index in [1.54, 1.807) is 48.5 Å². The van der Waals surface area contributed by atoms with Gasteiger partial charge in [0.1, 0.15) is 32.5 Å². The molecule has 2 rings (SSSR count). The quantitative estimate of drug-likeness (QED) is 0.677. The predicted molar refractivity (Wildman–Crippen MR) is 77.2 cm³/mol. The summed E-state index contributed by atoms with van der Waals surface area (Å²) in [7, 11) is 1.86. The fraction of sp³-hybridized carbons (Fsp3) is 0. The highest BCUT2D eigenvalue weighted by atomic mass is 28.3. The van der Waals surface area contributed by atoms with Gasteiger partial charge < -0.3 is 14.3 Å². The van der Waals surface area contributed by atoms with Crippen molar-refractivity contribution in [3.05, 3.63) is 60.7 Å². The van der Waals surface area contributed by atoms with Crippen molar-refractivity contribution in [3.63, 3.8) is 0 Å². The second kappa shape index (κ2) is 10.9. The number of benzene rings is 2. The van der Waals surface area contributed by atoms with E-state index < -0.39 is 0 Å². The van der Waals surface area contributed by atoms with Gasteiger partial charge in [-0.3, -0.25) is 0 Å². The third kappa shape index (κ3) is 10.7. The SMILES string of the molecule is Oc1ccccc1.Oc1ccccc1.[SiH3]O[SiH3]. The second-order valence-corrected chi connectivity index (χ2v) is 6.35. The molecule has 0 amide bonds. The van der Waals surface area contributed by atoms with E-state index in [-0.39, 0.29) is 0 Å². The van der Waals surface area contributed by atoms with Gasteiger partial charge in [0.05, 0.1) is 0 Å². The molecule has 0 bridgehead atoms. The standard InChI is InChI=1S/2C6H6O.H6OSi2/c2*7-6-4-2-1-3-5-6;2-1-3/h2*1-5,7H;2-3H3. The van der Waals surface area contributed by atoms with E-state index in [0.717, 1.165) is 21.0 Å². The first-order valence-electron chi connectivity index (χ1n) is 5.09. The molecule has 0 aromatic heterocycles. The lowest BCUT2D eigenvalue weighted by atomic mass is 10.3. The van der Waals surface area contributed by atoms with Crippen LogP contribution in [0.2, 0.25) is 0 Å². The summed E-state index contributed by atoms with van der Waals surface area (Å²) >= 11 is 0. The summed E-state index contributed by atoms with van der Waals surface area (Å²) in [6.07, 6.45) is 0. The van der Waals surface area contributed by atoms with Gasteiger partial charge in [0.15, 0.2) is 0 Å². The van der Waals surface area contributed by atoms with Gasteiger partial charge in [-0.2, -0.15) is 0 Å². The molecule has 0 fully saturated rings. The van der Waals surface area contributed by atoms with Crippen LogP contribution in [-0.4, -0.2) is 31.2 Å². The largest absolute Gasteiger partial charge is 0.508 e. The summed E-state index contributed by atoms with van der Waals surface area (Å²) in [5.74, 6) is 0.644. The van der Waals surface area contributed by atoms with E-state index in [1.165, 1.54) is 0 Å². The minimum atomic E-state index is 0.322. The van der Waals surface area contributed by atoms with E-state index >= 15 is 0 Å². The number of rotatable bonds is 0. The maximum Gasteiger partial charge on any atom is 0.129 e. The van der Waals surface area contributed by atoms with Crippen molar-refractivity contribution >= 4 is 21.0 Å². The molecule has 0 saturated heterocycles. The molecular weight excluding hydrogens is 248 g/mol. The van der Waals surface area contributed by atoms with Crippen molar-refractivity contribution in [2.75, 3.05) is 0 Å². The van der Waals surface area contributed by atoms with E-state index in [1.807, 2.05) is 12.1 Å². The van der Waals surface area contributed by atoms with E-state index in [4.69, 9.17) is 10.2 Å². The van der Waals surface area contributed by atoms with Crippen LogP contribution >= 0.6 is 0 Å². The van der Waals surface area contributed by atoms with Crippen LogP contribution in [0, 0.1) is 0 Å². The molecule has 2 aromatic carbocycles. The Morgan fingerprint density at radius 3 is 1.00 bits per heavy atom. The zero-order chi connectivity index (χ0) is 12.9. The van der Waals surface area contributed by atoms with Crippen LogP contribution < -0.4 is 0 Å². The predicted octanol–water partition coefficient (Wildman–Crippen LogP) is 0.348. The average molecular weight is 266 g/mol. The van der Waals surface area contributed by atoms with Gasteiger partial charge in [-0.05, 0) is 24.3 Å². The van der Waals surface area contributed by atoms with Crippen molar-refractivity contribution in [1.29, 1.82) is 0 Å². The number of hydrogen-bond acceptors (Lipinski definition) is 3. The molecule has 3 nitrogen and oxygen atoms in total. The fourth-order valence-corrected chi connectivity index (χ4v) is 0.856. The van der Waals surface area contributed by atoms with Crippen LogP contribution in [0.5, 0.6) is 11.5 Å². The molecule has 5 heteroatoms. The minimum Gasteiger partial charge on any atom is -0.508 e. The van der Waals surface area contributed by atoms with Crippen molar-refractivity contribution in [3.8, 4) is 11.5 Å². The molecule has 0 aliphatic carbocycles. The molecule has 0 spiro atoms. The number of para-hydroxylation sites is 2. The molecule has 2 N–H and O–H groups in total. The number of phenolic OH excluding ortho intramolecular Hbond substituents is 2. The molecule has 0 atom stereocenters. The van der Waals surface area contributed by atoms with Crippen molar-refractivity contribution in [2.45, 2.75) is 0 Å². The third-order valence-corrected chi connectivity index (χ3v) is 1.51. The molecule has 0 saturated carbocycles. The van der Waals surface area contributed by atoms with Crippen LogP contribution in [-0.2, 0) is 4.12 Å². The highest BCUT2D eigenvalue weighted by Crippen LogP contribution is 2.03. The minimum absolute atomic E-state index is 0.322. The molecule has 0 aliphatic heterocycles. The van der Waals surface area contributed by atoms with Crippen molar-refractivity contribution in [2.24, 2.45) is 0 Å². The highest BCUT2D eigenvalue weighted by molar-refractivity contribution is 6.15. The van der Waals surface area contributed by atoms with Gasteiger partial charge in [-0.15, -0.1) is 0 Å². The Morgan fingerprint density at radius 1 is 0.647 bits per heavy atom. The van der Waals surface area contributed by atoms with E-state index in [2.05, 4.69) is 4.12 Å². The maximum absolute atomic E-state index is 8.63. The first-order chi connectivity index (χ1) is 8.20. The Labute approximate surface area is 108 Å². The first-order valence-corrected chi connectivity index (χ1v) is 6.72. The number of hydrogen-bond donors (Lipinski definition) is 2. The van der Waals surface area contributed by atoms with Crippen LogP contribution in [0.15, 0.2) is 60.7 Å². The summed E-state index contributed by atoms with van der Waals surface area (Å²) in [5.41, 5.74) is 0. The lowest BCUT2D eigenvalue weighted by Crippen LogP contribution is -1.65. The van der Waals surface area contributed by atoms with Gasteiger partial charge in [-0.25, -0.2) is 0 Å². The van der Waals surface area contributed by atoms with Gasteiger partial charge in [0.25, 0.3) is 0 Å². The Kier molecular flexibility index (Phi) is 9.93. The molecule has 17 heavy (non-hydrogen) atoms. The third-order valence-electron chi connectivity index (χ3n) is 1.51. The highest BCUT2D eigenvalue weighted by Gasteiger charge is 1.75. The smallest absolute Gasteiger partial charge is 0.129 e. The molecule has 2 aromatic rings. The van der Waals surface area contributed by atoms with Crippen LogP contribution in [0.3, 0.4) is 0 Å². The summed E-state index contributed by atoms with van der Waals surface area (Å²) in [6.45, 7) is 0. The Morgan fingerprint density at radius 2 is 0.882 bits per heavy atom. The van der Waals surface area contributed by atoms with Crippen LogP contribution in [0.25, 0.3) is 0 Å². The normalized spacial score (nSPS) is 8.47. The average Bonchev–Trinajstić information content (AvgIpc) is 2.33. The zero-order valence-electron chi connectivity index (χ0n) is 10.1. The number of phenols is 2. The molecule has 0 radical (unpaired) electrons. The first kappa shape index (κ1) is 15.4. The van der Waals surface area contributed by atoms with Gasteiger partial charge in [0, 0.05) is 0 Å². The van der Waals surface area contributed by atoms with Crippen molar-refractivity contribution in [1.82, 2.24) is 0 Å². The van der Waals surface area contributed by atoms with E-state index in [0.29, 0.717) is 11.5 Å². The Balaban J connectivity index is 0.000000247. The second-order valence-electron chi connectivity index (χ2n) is 3.08. The van der Waals surface area contributed by atoms with Gasteiger partial charge in [-0.1, -0.05) is 36.4 Å². The van der Waals surface area contributed by atoms with Gasteiger partial charge >= 0.3 is 0 Å². The summed E-state index contributed by atoms with van der Waals surface area (Å²) in [4.78, 5) is 0. The zero-order valence-corrected chi connectivity index (χ0v) is 14.1. The Bertz CT molecular complexity index is 331. The molecule has 0 unspecified atom stereocenters. The summed E-state index contributed by atoms with van der Waals surface area (Å²) in [6, 6.07) is 17.4. The molecule has 0 heterocycles. The fourth-order valence-electron chi connectivity index (χ4n) is 0.856. The monoisotopic (exact) mass is 266 g/mol. The van der Waals surface area contributed by atoms with Gasteiger partial charge in [0.2, 0.25) is 0 Å². The van der Waals surface area contributed by atoms with Crippen LogP contribution in [0.1, 0.15) is 0 Å². The lowest BCUT2D eigenvalue weighted by molar-refractivity contribution is 0.475. The molecule has 92 valence electrons. The van der Waals surface area contributed by atoms with E-state index in [9.17, 15) is 0 Å². The Hall–Kier alpha value is -1.57. The maximum atomic E-state index is 8.63. The summed E-state index contributed by atoms with van der Waals surface area (Å²) in [5, 5.41) is 17.3. The van der Waals surface area contributed by atoms with Crippen molar-refractivity contribution < 1.29 is 14.3 Å². The lowest BCUT2D eigenvalue weighted by Gasteiger charge is -1.82. The number of aromatic hydroxyl groups is 2. The van der Waals surface area contributed by atoms with Crippen LogP contribution in [0.4, 0.5) is 0 Å². The topological polar surface area (TPSA) is 49.7 Å². The summed E-state index contributed by atoms with van der Waals surface area (Å²) < 4.78 is 4.53. The molecular formula is C12H18O3Si2. The molecule has 0 aliphatic rings.